The number of hydrogen-bond acceptors (Lipinski definition) is 4. The first kappa shape index (κ1) is 12.8. The Kier molecular flexibility index (Phi) is 2.73. The Labute approximate surface area is 118 Å². The van der Waals surface area contributed by atoms with E-state index in [1.807, 2.05) is 0 Å². The normalized spacial score (nSPS) is 40.1. The number of aliphatic hydroxyl groups is 1. The molecule has 0 aromatic heterocycles. The molecule has 20 heavy (non-hydrogen) atoms. The summed E-state index contributed by atoms with van der Waals surface area (Å²) in [4.78, 5) is 0.306. The second-order valence-corrected chi connectivity index (χ2v) is 7.71. The van der Waals surface area contributed by atoms with Crippen LogP contribution in [0.25, 0.3) is 0 Å². The first-order chi connectivity index (χ1) is 9.57. The highest BCUT2D eigenvalue weighted by molar-refractivity contribution is 7.89. The van der Waals surface area contributed by atoms with Crippen molar-refractivity contribution in [2.24, 2.45) is 0 Å². The van der Waals surface area contributed by atoms with Gasteiger partial charge in [-0.3, -0.25) is 0 Å². The minimum absolute atomic E-state index is 0.0360. The Morgan fingerprint density at radius 2 is 1.90 bits per heavy atom. The second kappa shape index (κ2) is 4.27. The van der Waals surface area contributed by atoms with Gasteiger partial charge in [0, 0.05) is 6.04 Å². The summed E-state index contributed by atoms with van der Waals surface area (Å²) in [7, 11) is -3.54. The van der Waals surface area contributed by atoms with Crippen LogP contribution in [0.2, 0.25) is 0 Å². The summed E-state index contributed by atoms with van der Waals surface area (Å²) in [5.41, 5.74) is 0. The number of sulfonamides is 1. The molecule has 0 radical (unpaired) electrons. The average Bonchev–Trinajstić information content (AvgIpc) is 2.44. The maximum atomic E-state index is 12.8. The van der Waals surface area contributed by atoms with Gasteiger partial charge in [0.15, 0.2) is 0 Å². The predicted molar refractivity (Wildman–Crippen MR) is 71.6 cm³/mol. The van der Waals surface area contributed by atoms with Crippen LogP contribution in [0, 0.1) is 0 Å². The van der Waals surface area contributed by atoms with Gasteiger partial charge in [-0.1, -0.05) is 18.2 Å². The van der Waals surface area contributed by atoms with Gasteiger partial charge >= 0.3 is 0 Å². The van der Waals surface area contributed by atoms with Crippen LogP contribution in [0.4, 0.5) is 0 Å². The summed E-state index contributed by atoms with van der Waals surface area (Å²) in [6.45, 7) is 0. The fourth-order valence-corrected chi connectivity index (χ4v) is 5.75. The highest BCUT2D eigenvalue weighted by Gasteiger charge is 2.56. The van der Waals surface area contributed by atoms with Crippen molar-refractivity contribution in [2.75, 3.05) is 0 Å². The van der Waals surface area contributed by atoms with Gasteiger partial charge in [-0.05, 0) is 31.4 Å². The molecule has 5 nitrogen and oxygen atoms in total. The summed E-state index contributed by atoms with van der Waals surface area (Å²) in [5, 5.41) is 10.3. The Morgan fingerprint density at radius 3 is 2.65 bits per heavy atom. The third-order valence-corrected chi connectivity index (χ3v) is 6.68. The number of ether oxygens (including phenoxy) is 1. The van der Waals surface area contributed by atoms with Crippen molar-refractivity contribution in [3.8, 4) is 0 Å². The zero-order valence-corrected chi connectivity index (χ0v) is 11.7. The zero-order chi connectivity index (χ0) is 13.9. The summed E-state index contributed by atoms with van der Waals surface area (Å²) in [6, 6.07) is 8.11. The molecule has 1 aromatic carbocycles. The molecule has 6 heteroatoms. The third-order valence-electron chi connectivity index (χ3n) is 4.69. The van der Waals surface area contributed by atoms with Crippen LogP contribution < -0.4 is 0 Å². The molecule has 4 aliphatic rings. The molecule has 0 amide bonds. The van der Waals surface area contributed by atoms with E-state index in [9.17, 15) is 13.5 Å². The molecule has 4 saturated heterocycles. The van der Waals surface area contributed by atoms with Gasteiger partial charge in [-0.2, -0.15) is 4.31 Å². The Hall–Kier alpha value is -0.950. The number of nitrogens with zero attached hydrogens (tertiary/aromatic N) is 1. The maximum absolute atomic E-state index is 12.8. The van der Waals surface area contributed by atoms with Crippen molar-refractivity contribution in [2.45, 2.75) is 54.6 Å². The van der Waals surface area contributed by atoms with E-state index in [1.54, 1.807) is 34.6 Å². The smallest absolute Gasteiger partial charge is 0.243 e. The summed E-state index contributed by atoms with van der Waals surface area (Å²) in [5.74, 6) is 0. The average molecular weight is 295 g/mol. The molecule has 4 aliphatic heterocycles. The molecule has 4 bridgehead atoms. The van der Waals surface area contributed by atoms with Gasteiger partial charge in [0.25, 0.3) is 0 Å². The number of piperidine rings is 2. The second-order valence-electron chi connectivity index (χ2n) is 5.86. The van der Waals surface area contributed by atoms with Gasteiger partial charge < -0.3 is 9.84 Å². The summed E-state index contributed by atoms with van der Waals surface area (Å²) >= 11 is 0. The van der Waals surface area contributed by atoms with Gasteiger partial charge in [0.1, 0.15) is 0 Å². The molecule has 0 spiro atoms. The molecule has 0 unspecified atom stereocenters. The maximum Gasteiger partial charge on any atom is 0.243 e. The number of hydrogen-bond donors (Lipinski definition) is 1. The quantitative estimate of drug-likeness (QED) is 0.874. The number of rotatable bonds is 2. The summed E-state index contributed by atoms with van der Waals surface area (Å²) in [6.07, 6.45) is 1.14. The zero-order valence-electron chi connectivity index (χ0n) is 10.9. The van der Waals surface area contributed by atoms with Gasteiger partial charge in [-0.15, -0.1) is 0 Å². The molecule has 0 saturated carbocycles. The van der Waals surface area contributed by atoms with Crippen molar-refractivity contribution in [1.29, 1.82) is 0 Å². The van der Waals surface area contributed by atoms with Gasteiger partial charge in [0.05, 0.1) is 29.2 Å². The van der Waals surface area contributed by atoms with Crippen molar-refractivity contribution >= 4 is 10.0 Å². The minimum Gasteiger partial charge on any atom is -0.389 e. The van der Waals surface area contributed by atoms with Crippen LogP contribution >= 0.6 is 0 Å². The molecule has 4 heterocycles. The van der Waals surface area contributed by atoms with Gasteiger partial charge in [0.2, 0.25) is 10.0 Å². The molecule has 108 valence electrons. The van der Waals surface area contributed by atoms with E-state index in [-0.39, 0.29) is 24.3 Å². The molecule has 4 fully saturated rings. The van der Waals surface area contributed by atoms with E-state index in [0.717, 1.165) is 6.42 Å². The molecule has 1 N–H and O–H groups in total. The lowest BCUT2D eigenvalue weighted by Crippen LogP contribution is -2.69. The molecule has 1 aromatic rings. The molecule has 0 aliphatic carbocycles. The van der Waals surface area contributed by atoms with Crippen molar-refractivity contribution < 1.29 is 18.3 Å². The Balaban J connectivity index is 1.75. The highest BCUT2D eigenvalue weighted by Crippen LogP contribution is 2.45. The van der Waals surface area contributed by atoms with E-state index >= 15 is 0 Å². The highest BCUT2D eigenvalue weighted by atomic mass is 32.2. The third kappa shape index (κ3) is 1.69. The van der Waals surface area contributed by atoms with Crippen LogP contribution in [0.5, 0.6) is 0 Å². The standard InChI is InChI=1S/C14H17NO4S/c16-14-12-8-10-6-9(7-13(14)19-10)15(12)20(17,18)11-4-2-1-3-5-11/h1-5,9-10,12-14,16H,6-8H2/t9-,10-,12+,13+,14+/m1/s1. The number of benzene rings is 1. The van der Waals surface area contributed by atoms with Crippen LogP contribution in [0.15, 0.2) is 35.2 Å². The lowest BCUT2D eigenvalue weighted by atomic mass is 9.78. The van der Waals surface area contributed by atoms with Crippen molar-refractivity contribution in [3.63, 3.8) is 0 Å². The SMILES string of the molecule is O=S(=O)(c1ccccc1)N1[C@@H]2C[C@@H]3C[C@H]1[C@H](O)[C@H](C2)O3. The first-order valence-corrected chi connectivity index (χ1v) is 8.43. The van der Waals surface area contributed by atoms with Crippen LogP contribution in [0.3, 0.4) is 0 Å². The van der Waals surface area contributed by atoms with Crippen molar-refractivity contribution in [1.82, 2.24) is 4.31 Å². The molecular weight excluding hydrogens is 278 g/mol. The largest absolute Gasteiger partial charge is 0.389 e. The number of aliphatic hydroxyl groups excluding tert-OH is 1. The van der Waals surface area contributed by atoms with E-state index in [2.05, 4.69) is 0 Å². The minimum atomic E-state index is -3.54. The van der Waals surface area contributed by atoms with Gasteiger partial charge in [-0.25, -0.2) is 8.42 Å². The summed E-state index contributed by atoms with van der Waals surface area (Å²) < 4.78 is 33.0. The Morgan fingerprint density at radius 1 is 1.15 bits per heavy atom. The van der Waals surface area contributed by atoms with E-state index < -0.39 is 16.1 Å². The fourth-order valence-electron chi connectivity index (χ4n) is 3.88. The topological polar surface area (TPSA) is 66.8 Å². The van der Waals surface area contributed by atoms with E-state index in [1.165, 1.54) is 0 Å². The van der Waals surface area contributed by atoms with Crippen molar-refractivity contribution in [3.05, 3.63) is 30.3 Å². The molecule has 5 atom stereocenters. The van der Waals surface area contributed by atoms with Crippen LogP contribution in [0.1, 0.15) is 19.3 Å². The molecule has 5 rings (SSSR count). The Bertz CT molecular complexity index is 617. The van der Waals surface area contributed by atoms with E-state index in [4.69, 9.17) is 4.74 Å². The molecular formula is C14H17NO4S. The monoisotopic (exact) mass is 295 g/mol. The van der Waals surface area contributed by atoms with E-state index in [0.29, 0.717) is 17.7 Å². The van der Waals surface area contributed by atoms with Crippen LogP contribution in [-0.4, -0.2) is 48.2 Å². The lowest BCUT2D eigenvalue weighted by Gasteiger charge is -2.57. The predicted octanol–water partition coefficient (Wildman–Crippen LogP) is 0.740. The first-order valence-electron chi connectivity index (χ1n) is 6.99. The lowest BCUT2D eigenvalue weighted by molar-refractivity contribution is -0.215. The van der Waals surface area contributed by atoms with Crippen LogP contribution in [-0.2, 0) is 14.8 Å². The fraction of sp³-hybridized carbons (Fsp3) is 0.571.